The molecule has 0 spiro atoms. The molecule has 2 heteroatoms. The van der Waals surface area contributed by atoms with E-state index in [1.165, 1.54) is 0 Å². The maximum Gasteiger partial charge on any atom is 0.137 e. The number of hydrogen-bond acceptors (Lipinski definition) is 2. The van der Waals surface area contributed by atoms with Crippen LogP contribution in [-0.2, 0) is 6.42 Å². The summed E-state index contributed by atoms with van der Waals surface area (Å²) in [7, 11) is 0. The Morgan fingerprint density at radius 3 is 2.88 bits per heavy atom. The summed E-state index contributed by atoms with van der Waals surface area (Å²) in [5.41, 5.74) is 0.968. The van der Waals surface area contributed by atoms with Crippen LogP contribution in [-0.4, -0.2) is 5.16 Å². The molecule has 0 N–H and O–H groups in total. The quantitative estimate of drug-likeness (QED) is 0.546. The second-order valence-corrected chi connectivity index (χ2v) is 1.64. The number of nitrogens with zero attached hydrogens (tertiary/aromatic N) is 1. The number of aromatic nitrogens is 1. The molecule has 1 rings (SSSR count). The molecule has 0 aliphatic heterocycles. The Morgan fingerprint density at radius 2 is 2.62 bits per heavy atom. The number of aryl methyl sites for hydroxylation is 1. The van der Waals surface area contributed by atoms with Gasteiger partial charge in [-0.25, -0.2) is 0 Å². The smallest absolute Gasteiger partial charge is 0.137 e. The zero-order valence-electron chi connectivity index (χ0n) is 4.85. The van der Waals surface area contributed by atoms with E-state index < -0.39 is 0 Å². The average Bonchev–Trinajstić information content (AvgIpc) is 2.14. The Bertz CT molecular complexity index is 169. The molecule has 0 aliphatic rings. The van der Waals surface area contributed by atoms with Crippen molar-refractivity contribution in [3.8, 4) is 0 Å². The highest BCUT2D eigenvalue weighted by molar-refractivity contribution is 5.06. The van der Waals surface area contributed by atoms with E-state index in [0.29, 0.717) is 5.76 Å². The highest BCUT2D eigenvalue weighted by Gasteiger charge is 1.93. The van der Waals surface area contributed by atoms with E-state index in [0.717, 1.165) is 12.1 Å². The van der Waals surface area contributed by atoms with E-state index in [1.807, 2.05) is 13.0 Å². The van der Waals surface area contributed by atoms with Crippen molar-refractivity contribution in [3.05, 3.63) is 24.4 Å². The average molecular weight is 110 g/mol. The van der Waals surface area contributed by atoms with E-state index in [1.54, 1.807) is 0 Å². The van der Waals surface area contributed by atoms with Crippen molar-refractivity contribution < 1.29 is 4.52 Å². The lowest BCUT2D eigenvalue weighted by Gasteiger charge is -1.75. The molecule has 0 saturated heterocycles. The Kier molecular flexibility index (Phi) is 1.33. The third-order valence-electron chi connectivity index (χ3n) is 0.970. The van der Waals surface area contributed by atoms with Crippen molar-refractivity contribution in [1.29, 1.82) is 0 Å². The summed E-state index contributed by atoms with van der Waals surface area (Å²) >= 11 is 0. The number of hydrogen-bond donors (Lipinski definition) is 0. The minimum atomic E-state index is 0.641. The van der Waals surface area contributed by atoms with Crippen LogP contribution in [0.25, 0.3) is 0 Å². The Balaban J connectivity index is 2.84. The van der Waals surface area contributed by atoms with Gasteiger partial charge in [0, 0.05) is 13.0 Å². The zero-order valence-corrected chi connectivity index (χ0v) is 4.85. The second-order valence-electron chi connectivity index (χ2n) is 1.64. The fourth-order valence-corrected chi connectivity index (χ4v) is 0.522. The molecule has 0 aromatic carbocycles. The van der Waals surface area contributed by atoms with Gasteiger partial charge in [-0.1, -0.05) is 12.1 Å². The molecule has 0 bridgehead atoms. The van der Waals surface area contributed by atoms with Crippen LogP contribution in [0, 0.1) is 6.92 Å². The predicted octanol–water partition coefficient (Wildman–Crippen LogP) is 1.42. The molecule has 8 heavy (non-hydrogen) atoms. The van der Waals surface area contributed by atoms with Crippen LogP contribution in [0.15, 0.2) is 10.6 Å². The maximum atomic E-state index is 4.69. The van der Waals surface area contributed by atoms with Crippen LogP contribution in [0.2, 0.25) is 0 Å². The molecular weight excluding hydrogens is 102 g/mol. The van der Waals surface area contributed by atoms with E-state index in [2.05, 4.69) is 12.1 Å². The summed E-state index contributed by atoms with van der Waals surface area (Å²) in [6.45, 7) is 5.59. The minimum Gasteiger partial charge on any atom is -0.361 e. The van der Waals surface area contributed by atoms with Gasteiger partial charge < -0.3 is 4.52 Å². The van der Waals surface area contributed by atoms with Crippen LogP contribution in [0.1, 0.15) is 18.4 Å². The molecule has 1 radical (unpaired) electrons. The van der Waals surface area contributed by atoms with Crippen LogP contribution >= 0.6 is 0 Å². The highest BCUT2D eigenvalue weighted by atomic mass is 16.5. The van der Waals surface area contributed by atoms with E-state index in [9.17, 15) is 0 Å². The van der Waals surface area contributed by atoms with Crippen molar-refractivity contribution in [2.24, 2.45) is 0 Å². The third-order valence-corrected chi connectivity index (χ3v) is 0.970. The summed E-state index contributed by atoms with van der Waals surface area (Å²) in [4.78, 5) is 0. The molecule has 0 atom stereocenters. The van der Waals surface area contributed by atoms with Crippen LogP contribution < -0.4 is 0 Å². The molecule has 0 amide bonds. The van der Waals surface area contributed by atoms with Gasteiger partial charge in [-0.15, -0.1) is 0 Å². The van der Waals surface area contributed by atoms with Crippen molar-refractivity contribution in [3.63, 3.8) is 0 Å². The molecule has 0 aliphatic carbocycles. The number of rotatable bonds is 1. The monoisotopic (exact) mass is 110 g/mol. The predicted molar refractivity (Wildman–Crippen MR) is 30.3 cm³/mol. The first-order chi connectivity index (χ1) is 3.83. The molecule has 0 fully saturated rings. The van der Waals surface area contributed by atoms with Crippen molar-refractivity contribution in [2.75, 3.05) is 0 Å². The lowest BCUT2D eigenvalue weighted by molar-refractivity contribution is 0.400. The topological polar surface area (TPSA) is 26.0 Å². The van der Waals surface area contributed by atoms with Crippen LogP contribution in [0.4, 0.5) is 0 Å². The van der Waals surface area contributed by atoms with Gasteiger partial charge in [0.25, 0.3) is 0 Å². The van der Waals surface area contributed by atoms with E-state index in [4.69, 9.17) is 4.52 Å². The summed E-state index contributed by atoms with van der Waals surface area (Å²) < 4.78 is 4.69. The first-order valence-electron chi connectivity index (χ1n) is 2.60. The lowest BCUT2D eigenvalue weighted by Crippen LogP contribution is -1.73. The lowest BCUT2D eigenvalue weighted by atomic mass is 10.3. The Morgan fingerprint density at radius 1 is 1.88 bits per heavy atom. The molecule has 1 aromatic rings. The maximum absolute atomic E-state index is 4.69. The zero-order chi connectivity index (χ0) is 5.98. The van der Waals surface area contributed by atoms with Gasteiger partial charge >= 0.3 is 0 Å². The molecule has 2 nitrogen and oxygen atoms in total. The summed E-state index contributed by atoms with van der Waals surface area (Å²) in [5.74, 6) is 0.641. The molecule has 0 saturated carbocycles. The third kappa shape index (κ3) is 0.886. The first-order valence-corrected chi connectivity index (χ1v) is 2.60. The largest absolute Gasteiger partial charge is 0.361 e. The van der Waals surface area contributed by atoms with Crippen molar-refractivity contribution >= 4 is 0 Å². The molecule has 43 valence electrons. The minimum absolute atomic E-state index is 0.641. The summed E-state index contributed by atoms with van der Waals surface area (Å²) in [6.07, 6.45) is 0.916. The fraction of sp³-hybridized carbons (Fsp3) is 0.333. The highest BCUT2D eigenvalue weighted by Crippen LogP contribution is 2.00. The Labute approximate surface area is 48.5 Å². The standard InChI is InChI=1S/C6H8NO/c1-3-6-4-5(2)8-7-6/h4H,2-3H2,1H3. The SMILES string of the molecule is [CH2]c1cc(CC)no1. The van der Waals surface area contributed by atoms with Gasteiger partial charge in [0.2, 0.25) is 0 Å². The van der Waals surface area contributed by atoms with Crippen molar-refractivity contribution in [2.45, 2.75) is 13.3 Å². The molecule has 0 unspecified atom stereocenters. The molecule has 1 aromatic heterocycles. The summed E-state index contributed by atoms with van der Waals surface area (Å²) in [5, 5.41) is 3.70. The molecule has 1 heterocycles. The normalized spacial score (nSPS) is 9.75. The van der Waals surface area contributed by atoms with Gasteiger partial charge in [-0.2, -0.15) is 0 Å². The van der Waals surface area contributed by atoms with Gasteiger partial charge in [0.1, 0.15) is 5.76 Å². The Hall–Kier alpha value is -0.790. The summed E-state index contributed by atoms with van der Waals surface area (Å²) in [6, 6.07) is 1.83. The van der Waals surface area contributed by atoms with Gasteiger partial charge in [0.15, 0.2) is 0 Å². The van der Waals surface area contributed by atoms with E-state index in [-0.39, 0.29) is 0 Å². The van der Waals surface area contributed by atoms with E-state index >= 15 is 0 Å². The van der Waals surface area contributed by atoms with Crippen molar-refractivity contribution in [1.82, 2.24) is 5.16 Å². The van der Waals surface area contributed by atoms with Crippen LogP contribution in [0.3, 0.4) is 0 Å². The second kappa shape index (κ2) is 1.99. The van der Waals surface area contributed by atoms with Crippen LogP contribution in [0.5, 0.6) is 0 Å². The molecular formula is C6H8NO. The first kappa shape index (κ1) is 5.35. The van der Waals surface area contributed by atoms with Gasteiger partial charge in [-0.05, 0) is 6.42 Å². The van der Waals surface area contributed by atoms with Gasteiger partial charge in [-0.3, -0.25) is 0 Å². The van der Waals surface area contributed by atoms with Gasteiger partial charge in [0.05, 0.1) is 5.69 Å². The fourth-order valence-electron chi connectivity index (χ4n) is 0.522.